The number of hydrogen-bond acceptors (Lipinski definition) is 3. The molecule has 0 unspecified atom stereocenters. The zero-order valence-corrected chi connectivity index (χ0v) is 10.1. The number of carbonyl (C=O) groups excluding carboxylic acids is 2. The average molecular weight is 275 g/mol. The Kier molecular flexibility index (Phi) is 5.35. The summed E-state index contributed by atoms with van der Waals surface area (Å²) in [5, 5.41) is 2.05. The molecule has 1 aromatic rings. The Balaban J connectivity index is 2.58. The molecule has 0 fully saturated rings. The number of ether oxygens (including phenoxy) is 1. The number of amides is 1. The molecule has 7 heteroatoms. The minimum Gasteiger partial charge on any atom is -0.466 e. The number of esters is 1. The first-order valence-electron chi connectivity index (χ1n) is 5.54. The van der Waals surface area contributed by atoms with Crippen LogP contribution in [0.5, 0.6) is 0 Å². The highest BCUT2D eigenvalue weighted by atomic mass is 19.2. The smallest absolute Gasteiger partial charge is 0.306 e. The van der Waals surface area contributed by atoms with Crippen LogP contribution in [0, 0.1) is 17.5 Å². The third kappa shape index (κ3) is 4.27. The van der Waals surface area contributed by atoms with Gasteiger partial charge in [-0.15, -0.1) is 0 Å². The van der Waals surface area contributed by atoms with E-state index in [4.69, 9.17) is 0 Å². The molecule has 0 spiro atoms. The van der Waals surface area contributed by atoms with Gasteiger partial charge in [0.15, 0.2) is 17.5 Å². The Hall–Kier alpha value is -2.05. The van der Waals surface area contributed by atoms with Crippen LogP contribution < -0.4 is 5.32 Å². The van der Waals surface area contributed by atoms with Gasteiger partial charge in [-0.1, -0.05) is 0 Å². The van der Waals surface area contributed by atoms with E-state index in [0.717, 1.165) is 6.07 Å². The number of halogens is 3. The van der Waals surface area contributed by atoms with Gasteiger partial charge in [0.1, 0.15) is 0 Å². The van der Waals surface area contributed by atoms with E-state index in [1.165, 1.54) is 0 Å². The summed E-state index contributed by atoms with van der Waals surface area (Å²) < 4.78 is 43.3. The van der Waals surface area contributed by atoms with Crippen LogP contribution >= 0.6 is 0 Å². The minimum absolute atomic E-state index is 0.176. The fourth-order valence-corrected chi connectivity index (χ4v) is 1.28. The first kappa shape index (κ1) is 15.0. The van der Waals surface area contributed by atoms with Crippen molar-refractivity contribution in [3.63, 3.8) is 0 Å². The van der Waals surface area contributed by atoms with Crippen LogP contribution in [0.15, 0.2) is 12.1 Å². The van der Waals surface area contributed by atoms with Crippen molar-refractivity contribution in [1.29, 1.82) is 0 Å². The number of rotatable bonds is 5. The molecule has 1 rings (SSSR count). The molecule has 0 atom stereocenters. The number of nitrogens with one attached hydrogen (secondary N) is 1. The standard InChI is InChI=1S/C12H12F3NO3/c1-2-19-10(18)6-5-9(17)16-8-4-3-7(13)11(14)12(8)15/h3-4H,2,5-6H2,1H3,(H,16,17). The molecule has 0 saturated heterocycles. The number of hydrogen-bond donors (Lipinski definition) is 1. The van der Waals surface area contributed by atoms with Crippen molar-refractivity contribution in [1.82, 2.24) is 0 Å². The normalized spacial score (nSPS) is 10.1. The number of benzene rings is 1. The zero-order chi connectivity index (χ0) is 14.4. The van der Waals surface area contributed by atoms with Crippen LogP contribution in [0.4, 0.5) is 18.9 Å². The zero-order valence-electron chi connectivity index (χ0n) is 10.1. The van der Waals surface area contributed by atoms with Crippen molar-refractivity contribution in [2.75, 3.05) is 11.9 Å². The van der Waals surface area contributed by atoms with Gasteiger partial charge in [0.05, 0.1) is 18.7 Å². The molecule has 1 amide bonds. The van der Waals surface area contributed by atoms with E-state index in [1.54, 1.807) is 6.92 Å². The van der Waals surface area contributed by atoms with Gasteiger partial charge in [0.25, 0.3) is 0 Å². The average Bonchev–Trinajstić information content (AvgIpc) is 2.37. The van der Waals surface area contributed by atoms with Gasteiger partial charge < -0.3 is 10.1 Å². The van der Waals surface area contributed by atoms with Gasteiger partial charge in [0.2, 0.25) is 5.91 Å². The highest BCUT2D eigenvalue weighted by Gasteiger charge is 2.15. The summed E-state index contributed by atoms with van der Waals surface area (Å²) in [5.74, 6) is -5.75. The summed E-state index contributed by atoms with van der Waals surface area (Å²) in [6.07, 6.45) is -0.414. The molecule has 0 aromatic heterocycles. The lowest BCUT2D eigenvalue weighted by molar-refractivity contribution is -0.144. The van der Waals surface area contributed by atoms with Gasteiger partial charge in [0, 0.05) is 6.42 Å². The maximum absolute atomic E-state index is 13.2. The fourth-order valence-electron chi connectivity index (χ4n) is 1.28. The summed E-state index contributed by atoms with van der Waals surface area (Å²) in [5.41, 5.74) is -0.479. The van der Waals surface area contributed by atoms with E-state index in [2.05, 4.69) is 4.74 Å². The second-order valence-corrected chi connectivity index (χ2v) is 3.58. The van der Waals surface area contributed by atoms with Crippen molar-refractivity contribution in [3.05, 3.63) is 29.6 Å². The minimum atomic E-state index is -1.66. The third-order valence-corrected chi connectivity index (χ3v) is 2.17. The Labute approximate surface area is 107 Å². The van der Waals surface area contributed by atoms with E-state index in [-0.39, 0.29) is 19.4 Å². The molecule has 1 N–H and O–H groups in total. The molecule has 0 aliphatic heterocycles. The molecule has 0 heterocycles. The lowest BCUT2D eigenvalue weighted by Crippen LogP contribution is -2.16. The molecule has 104 valence electrons. The molecule has 19 heavy (non-hydrogen) atoms. The van der Waals surface area contributed by atoms with Crippen LogP contribution in [-0.4, -0.2) is 18.5 Å². The molecule has 0 saturated carbocycles. The van der Waals surface area contributed by atoms with Crippen LogP contribution in [0.1, 0.15) is 19.8 Å². The Bertz CT molecular complexity index is 491. The Morgan fingerprint density at radius 3 is 2.47 bits per heavy atom. The summed E-state index contributed by atoms with van der Waals surface area (Å²) in [6, 6.07) is 1.59. The molecule has 0 aliphatic carbocycles. The van der Waals surface area contributed by atoms with E-state index < -0.39 is 35.0 Å². The number of anilines is 1. The van der Waals surface area contributed by atoms with E-state index in [0.29, 0.717) is 6.07 Å². The number of carbonyl (C=O) groups is 2. The van der Waals surface area contributed by atoms with Crippen molar-refractivity contribution >= 4 is 17.6 Å². The van der Waals surface area contributed by atoms with E-state index in [9.17, 15) is 22.8 Å². The molecular formula is C12H12F3NO3. The van der Waals surface area contributed by atoms with Crippen molar-refractivity contribution in [3.8, 4) is 0 Å². The molecule has 0 radical (unpaired) electrons. The maximum atomic E-state index is 13.2. The summed E-state index contributed by atoms with van der Waals surface area (Å²) in [6.45, 7) is 1.81. The van der Waals surface area contributed by atoms with Crippen LogP contribution in [-0.2, 0) is 14.3 Å². The fraction of sp³-hybridized carbons (Fsp3) is 0.333. The topological polar surface area (TPSA) is 55.4 Å². The van der Waals surface area contributed by atoms with Gasteiger partial charge >= 0.3 is 5.97 Å². The highest BCUT2D eigenvalue weighted by Crippen LogP contribution is 2.19. The third-order valence-electron chi connectivity index (χ3n) is 2.17. The lowest BCUT2D eigenvalue weighted by atomic mass is 10.2. The predicted molar refractivity (Wildman–Crippen MR) is 60.8 cm³/mol. The van der Waals surface area contributed by atoms with Crippen molar-refractivity contribution in [2.45, 2.75) is 19.8 Å². The van der Waals surface area contributed by atoms with Crippen molar-refractivity contribution < 1.29 is 27.5 Å². The SMILES string of the molecule is CCOC(=O)CCC(=O)Nc1ccc(F)c(F)c1F. The van der Waals surface area contributed by atoms with Crippen LogP contribution in [0.2, 0.25) is 0 Å². The summed E-state index contributed by atoms with van der Waals surface area (Å²) in [7, 11) is 0. The lowest BCUT2D eigenvalue weighted by Gasteiger charge is -2.07. The Morgan fingerprint density at radius 1 is 1.16 bits per heavy atom. The van der Waals surface area contributed by atoms with Gasteiger partial charge in [-0.2, -0.15) is 0 Å². The quantitative estimate of drug-likeness (QED) is 0.663. The first-order chi connectivity index (χ1) is 8.95. The van der Waals surface area contributed by atoms with Gasteiger partial charge in [-0.3, -0.25) is 9.59 Å². The molecule has 1 aromatic carbocycles. The van der Waals surface area contributed by atoms with E-state index in [1.807, 2.05) is 5.32 Å². The molecular weight excluding hydrogens is 263 g/mol. The second kappa shape index (κ2) is 6.77. The largest absolute Gasteiger partial charge is 0.466 e. The summed E-state index contributed by atoms with van der Waals surface area (Å²) in [4.78, 5) is 22.3. The predicted octanol–water partition coefficient (Wildman–Crippen LogP) is 2.39. The summed E-state index contributed by atoms with van der Waals surface area (Å²) >= 11 is 0. The second-order valence-electron chi connectivity index (χ2n) is 3.58. The first-order valence-corrected chi connectivity index (χ1v) is 5.54. The van der Waals surface area contributed by atoms with Crippen molar-refractivity contribution in [2.24, 2.45) is 0 Å². The maximum Gasteiger partial charge on any atom is 0.306 e. The molecule has 4 nitrogen and oxygen atoms in total. The highest BCUT2D eigenvalue weighted by molar-refractivity contribution is 5.92. The van der Waals surface area contributed by atoms with E-state index >= 15 is 0 Å². The van der Waals surface area contributed by atoms with Gasteiger partial charge in [-0.05, 0) is 19.1 Å². The Morgan fingerprint density at radius 2 is 1.84 bits per heavy atom. The molecule has 0 bridgehead atoms. The van der Waals surface area contributed by atoms with Crippen LogP contribution in [0.3, 0.4) is 0 Å². The monoisotopic (exact) mass is 275 g/mol. The van der Waals surface area contributed by atoms with Crippen LogP contribution in [0.25, 0.3) is 0 Å². The van der Waals surface area contributed by atoms with Gasteiger partial charge in [-0.25, -0.2) is 13.2 Å². The molecule has 0 aliphatic rings.